The highest BCUT2D eigenvalue weighted by Gasteiger charge is 2.20. The first-order valence-corrected chi connectivity index (χ1v) is 7.85. The SMILES string of the molecule is NC(Cc1cc(Cl)cc2c1OCC2)c1cc(F)cc(Br)c1. The second kappa shape index (κ2) is 5.95. The van der Waals surface area contributed by atoms with Crippen LogP contribution in [0.2, 0.25) is 5.02 Å². The average Bonchev–Trinajstić information content (AvgIpc) is 2.85. The minimum Gasteiger partial charge on any atom is -0.493 e. The minimum absolute atomic E-state index is 0.303. The Hall–Kier alpha value is -1.10. The summed E-state index contributed by atoms with van der Waals surface area (Å²) in [5.74, 6) is 0.577. The number of nitrogens with two attached hydrogens (primary N) is 1. The Balaban J connectivity index is 1.90. The van der Waals surface area contributed by atoms with Gasteiger partial charge in [-0.25, -0.2) is 4.39 Å². The van der Waals surface area contributed by atoms with E-state index in [-0.39, 0.29) is 11.9 Å². The molecule has 21 heavy (non-hydrogen) atoms. The van der Waals surface area contributed by atoms with Crippen molar-refractivity contribution < 1.29 is 9.13 Å². The van der Waals surface area contributed by atoms with Gasteiger partial charge >= 0.3 is 0 Å². The number of benzene rings is 2. The molecule has 1 unspecified atom stereocenters. The van der Waals surface area contributed by atoms with E-state index in [1.54, 1.807) is 0 Å². The minimum atomic E-state index is -0.316. The summed E-state index contributed by atoms with van der Waals surface area (Å²) in [6.45, 7) is 0.670. The zero-order chi connectivity index (χ0) is 15.0. The van der Waals surface area contributed by atoms with Crippen LogP contribution in [-0.2, 0) is 12.8 Å². The predicted octanol–water partition coefficient (Wildman–Crippen LogP) is 4.42. The molecule has 1 aliphatic heterocycles. The van der Waals surface area contributed by atoms with Gasteiger partial charge in [0, 0.05) is 22.0 Å². The van der Waals surface area contributed by atoms with E-state index in [1.165, 1.54) is 12.1 Å². The summed E-state index contributed by atoms with van der Waals surface area (Å²) < 4.78 is 19.8. The Morgan fingerprint density at radius 3 is 2.86 bits per heavy atom. The molecule has 3 rings (SSSR count). The first-order valence-electron chi connectivity index (χ1n) is 6.68. The third-order valence-electron chi connectivity index (χ3n) is 3.58. The van der Waals surface area contributed by atoms with Crippen molar-refractivity contribution in [3.05, 3.63) is 62.3 Å². The maximum Gasteiger partial charge on any atom is 0.125 e. The fourth-order valence-electron chi connectivity index (χ4n) is 2.64. The van der Waals surface area contributed by atoms with E-state index in [4.69, 9.17) is 22.1 Å². The molecule has 2 N–H and O–H groups in total. The summed E-state index contributed by atoms with van der Waals surface area (Å²) in [5, 5.41) is 0.682. The number of ether oxygens (including phenoxy) is 1. The van der Waals surface area contributed by atoms with Crippen molar-refractivity contribution in [2.45, 2.75) is 18.9 Å². The molecule has 1 atom stereocenters. The van der Waals surface area contributed by atoms with Crippen LogP contribution in [0, 0.1) is 5.82 Å². The standard InChI is InChI=1S/C16H14BrClFNO/c17-12-3-10(6-14(19)8-12)15(20)7-11-5-13(18)4-9-1-2-21-16(9)11/h3-6,8,15H,1-2,7,20H2. The maximum atomic E-state index is 13.5. The van der Waals surface area contributed by atoms with Gasteiger partial charge in [0.15, 0.2) is 0 Å². The van der Waals surface area contributed by atoms with Crippen LogP contribution in [0.4, 0.5) is 4.39 Å². The lowest BCUT2D eigenvalue weighted by atomic mass is 9.97. The largest absolute Gasteiger partial charge is 0.493 e. The number of hydrogen-bond donors (Lipinski definition) is 1. The molecule has 5 heteroatoms. The zero-order valence-corrected chi connectivity index (χ0v) is 13.5. The van der Waals surface area contributed by atoms with Gasteiger partial charge < -0.3 is 10.5 Å². The lowest BCUT2D eigenvalue weighted by Gasteiger charge is -2.15. The molecule has 0 spiro atoms. The van der Waals surface area contributed by atoms with Gasteiger partial charge in [-0.05, 0) is 53.4 Å². The maximum absolute atomic E-state index is 13.5. The van der Waals surface area contributed by atoms with Crippen LogP contribution in [0.15, 0.2) is 34.8 Å². The molecule has 0 bridgehead atoms. The molecule has 0 fully saturated rings. The number of fused-ring (bicyclic) bond motifs is 1. The number of hydrogen-bond acceptors (Lipinski definition) is 2. The second-order valence-corrected chi connectivity index (χ2v) is 6.52. The van der Waals surface area contributed by atoms with Crippen LogP contribution in [0.25, 0.3) is 0 Å². The molecule has 0 radical (unpaired) electrons. The van der Waals surface area contributed by atoms with E-state index >= 15 is 0 Å². The van der Waals surface area contributed by atoms with E-state index in [2.05, 4.69) is 15.9 Å². The monoisotopic (exact) mass is 369 g/mol. The molecule has 2 aromatic carbocycles. The van der Waals surface area contributed by atoms with Crippen molar-refractivity contribution in [2.75, 3.05) is 6.61 Å². The lowest BCUT2D eigenvalue weighted by Crippen LogP contribution is -2.14. The highest BCUT2D eigenvalue weighted by molar-refractivity contribution is 9.10. The third kappa shape index (κ3) is 3.23. The van der Waals surface area contributed by atoms with Gasteiger partial charge in [-0.1, -0.05) is 27.5 Å². The smallest absolute Gasteiger partial charge is 0.125 e. The summed E-state index contributed by atoms with van der Waals surface area (Å²) in [6, 6.07) is 8.19. The summed E-state index contributed by atoms with van der Waals surface area (Å²) >= 11 is 9.43. The Bertz CT molecular complexity index is 672. The Morgan fingerprint density at radius 2 is 2.10 bits per heavy atom. The van der Waals surface area contributed by atoms with E-state index in [0.717, 1.165) is 28.9 Å². The molecule has 2 nitrogen and oxygen atoms in total. The normalized spacial score (nSPS) is 14.7. The van der Waals surface area contributed by atoms with Gasteiger partial charge in [0.25, 0.3) is 0 Å². The van der Waals surface area contributed by atoms with Crippen LogP contribution in [0.5, 0.6) is 5.75 Å². The van der Waals surface area contributed by atoms with E-state index in [9.17, 15) is 4.39 Å². The fraction of sp³-hybridized carbons (Fsp3) is 0.250. The number of rotatable bonds is 3. The molecule has 0 saturated heterocycles. The molecule has 110 valence electrons. The highest BCUT2D eigenvalue weighted by Crippen LogP contribution is 2.35. The van der Waals surface area contributed by atoms with Crippen LogP contribution in [0.1, 0.15) is 22.7 Å². The molecule has 0 saturated carbocycles. The molecule has 0 amide bonds. The Kier molecular flexibility index (Phi) is 4.20. The Morgan fingerprint density at radius 1 is 1.29 bits per heavy atom. The van der Waals surface area contributed by atoms with Crippen LogP contribution in [0.3, 0.4) is 0 Å². The van der Waals surface area contributed by atoms with Crippen molar-refractivity contribution in [1.82, 2.24) is 0 Å². The Labute approximate surface area is 136 Å². The van der Waals surface area contributed by atoms with Crippen molar-refractivity contribution >= 4 is 27.5 Å². The quantitative estimate of drug-likeness (QED) is 0.868. The predicted molar refractivity (Wildman–Crippen MR) is 85.4 cm³/mol. The van der Waals surface area contributed by atoms with E-state index < -0.39 is 0 Å². The highest BCUT2D eigenvalue weighted by atomic mass is 79.9. The fourth-order valence-corrected chi connectivity index (χ4v) is 3.39. The van der Waals surface area contributed by atoms with Gasteiger partial charge in [0.1, 0.15) is 11.6 Å². The van der Waals surface area contributed by atoms with Crippen molar-refractivity contribution in [3.8, 4) is 5.75 Å². The van der Waals surface area contributed by atoms with Gasteiger partial charge in [0.2, 0.25) is 0 Å². The lowest BCUT2D eigenvalue weighted by molar-refractivity contribution is 0.352. The van der Waals surface area contributed by atoms with E-state index in [0.29, 0.717) is 22.5 Å². The van der Waals surface area contributed by atoms with Gasteiger partial charge in [-0.15, -0.1) is 0 Å². The summed E-state index contributed by atoms with van der Waals surface area (Å²) in [7, 11) is 0. The average molecular weight is 371 g/mol. The van der Waals surface area contributed by atoms with Gasteiger partial charge in [-0.2, -0.15) is 0 Å². The first-order chi connectivity index (χ1) is 10.0. The van der Waals surface area contributed by atoms with Crippen LogP contribution in [-0.4, -0.2) is 6.61 Å². The molecule has 1 heterocycles. The molecular weight excluding hydrogens is 357 g/mol. The van der Waals surface area contributed by atoms with Crippen molar-refractivity contribution in [1.29, 1.82) is 0 Å². The molecule has 0 aliphatic carbocycles. The van der Waals surface area contributed by atoms with Crippen molar-refractivity contribution in [3.63, 3.8) is 0 Å². The molecule has 0 aromatic heterocycles. The summed E-state index contributed by atoms with van der Waals surface area (Å²) in [6.07, 6.45) is 1.42. The van der Waals surface area contributed by atoms with Gasteiger partial charge in [-0.3, -0.25) is 0 Å². The molecular formula is C16H14BrClFNO. The van der Waals surface area contributed by atoms with Crippen LogP contribution >= 0.6 is 27.5 Å². The molecule has 2 aromatic rings. The summed E-state index contributed by atoms with van der Waals surface area (Å²) in [5.41, 5.74) is 9.06. The third-order valence-corrected chi connectivity index (χ3v) is 4.25. The zero-order valence-electron chi connectivity index (χ0n) is 11.2. The number of halogens is 3. The van der Waals surface area contributed by atoms with Gasteiger partial charge in [0.05, 0.1) is 6.61 Å². The second-order valence-electron chi connectivity index (χ2n) is 5.17. The van der Waals surface area contributed by atoms with Crippen LogP contribution < -0.4 is 10.5 Å². The topological polar surface area (TPSA) is 35.2 Å². The first kappa shape index (κ1) is 14.8. The van der Waals surface area contributed by atoms with E-state index in [1.807, 2.05) is 18.2 Å². The summed E-state index contributed by atoms with van der Waals surface area (Å²) in [4.78, 5) is 0. The van der Waals surface area contributed by atoms with Crippen molar-refractivity contribution in [2.24, 2.45) is 5.73 Å². The molecule has 1 aliphatic rings.